The van der Waals surface area contributed by atoms with Crippen LogP contribution in [-0.2, 0) is 0 Å². The third-order valence-electron chi connectivity index (χ3n) is 4.94. The normalized spacial score (nSPS) is 18.7. The third kappa shape index (κ3) is 6.25. The molecule has 0 aromatic rings. The fourth-order valence-corrected chi connectivity index (χ4v) is 3.79. The molecule has 0 heterocycles. The summed E-state index contributed by atoms with van der Waals surface area (Å²) in [6.07, 6.45) is 8.34. The third-order valence-corrected chi connectivity index (χ3v) is 4.94. The van der Waals surface area contributed by atoms with Crippen LogP contribution < -0.4 is 0 Å². The zero-order chi connectivity index (χ0) is 14.1. The highest BCUT2D eigenvalue weighted by Gasteiger charge is 2.29. The van der Waals surface area contributed by atoms with Crippen LogP contribution >= 0.6 is 0 Å². The fourth-order valence-electron chi connectivity index (χ4n) is 3.79. The smallest absolute Gasteiger partial charge is 0.0337 e. The molecule has 0 saturated carbocycles. The summed E-state index contributed by atoms with van der Waals surface area (Å²) in [4.78, 5) is 0. The SMILES string of the molecule is CCCCCC(C)C(C(C)C)C(C)C(C)CCC. The van der Waals surface area contributed by atoms with Gasteiger partial charge in [0.2, 0.25) is 0 Å². The molecule has 0 N–H and O–H groups in total. The summed E-state index contributed by atoms with van der Waals surface area (Å²) < 4.78 is 0. The summed E-state index contributed by atoms with van der Waals surface area (Å²) in [5.74, 6) is 4.39. The van der Waals surface area contributed by atoms with Crippen molar-refractivity contribution in [3.63, 3.8) is 0 Å². The molecule has 0 radical (unpaired) electrons. The van der Waals surface area contributed by atoms with Gasteiger partial charge >= 0.3 is 0 Å². The van der Waals surface area contributed by atoms with Gasteiger partial charge in [-0.2, -0.15) is 0 Å². The molecule has 110 valence electrons. The summed E-state index contributed by atoms with van der Waals surface area (Å²) in [5, 5.41) is 0. The Hall–Kier alpha value is 0. The average molecular weight is 255 g/mol. The monoisotopic (exact) mass is 254 g/mol. The molecule has 0 bridgehead atoms. The van der Waals surface area contributed by atoms with Crippen molar-refractivity contribution in [2.75, 3.05) is 0 Å². The summed E-state index contributed by atoms with van der Waals surface area (Å²) in [6.45, 7) is 16.9. The van der Waals surface area contributed by atoms with Gasteiger partial charge in [-0.25, -0.2) is 0 Å². The maximum atomic E-state index is 2.50. The Labute approximate surface area is 117 Å². The minimum absolute atomic E-state index is 0.830. The maximum absolute atomic E-state index is 2.50. The van der Waals surface area contributed by atoms with Crippen molar-refractivity contribution >= 4 is 0 Å². The molecule has 0 aromatic heterocycles. The number of hydrogen-bond acceptors (Lipinski definition) is 0. The molecule has 18 heavy (non-hydrogen) atoms. The lowest BCUT2D eigenvalue weighted by atomic mass is 9.69. The summed E-state index contributed by atoms with van der Waals surface area (Å²) in [6, 6.07) is 0. The van der Waals surface area contributed by atoms with Crippen molar-refractivity contribution < 1.29 is 0 Å². The Bertz CT molecular complexity index is 182. The molecule has 0 spiro atoms. The molecule has 4 unspecified atom stereocenters. The highest BCUT2D eigenvalue weighted by molar-refractivity contribution is 4.78. The Morgan fingerprint density at radius 1 is 0.667 bits per heavy atom. The average Bonchev–Trinajstić information content (AvgIpc) is 2.29. The first-order valence-electron chi connectivity index (χ1n) is 8.45. The Morgan fingerprint density at radius 2 is 1.28 bits per heavy atom. The van der Waals surface area contributed by atoms with Crippen LogP contribution in [0.4, 0.5) is 0 Å². The van der Waals surface area contributed by atoms with E-state index in [2.05, 4.69) is 48.5 Å². The van der Waals surface area contributed by atoms with Gasteiger partial charge in [-0.15, -0.1) is 0 Å². The van der Waals surface area contributed by atoms with Gasteiger partial charge in [0.15, 0.2) is 0 Å². The van der Waals surface area contributed by atoms with Crippen molar-refractivity contribution in [3.05, 3.63) is 0 Å². The summed E-state index contributed by atoms with van der Waals surface area (Å²) in [5.41, 5.74) is 0. The largest absolute Gasteiger partial charge is 0.0654 e. The van der Waals surface area contributed by atoms with E-state index in [1.165, 1.54) is 38.5 Å². The van der Waals surface area contributed by atoms with E-state index < -0.39 is 0 Å². The van der Waals surface area contributed by atoms with E-state index in [4.69, 9.17) is 0 Å². The Balaban J connectivity index is 4.43. The van der Waals surface area contributed by atoms with Crippen LogP contribution in [-0.4, -0.2) is 0 Å². The second-order valence-electron chi connectivity index (χ2n) is 6.92. The standard InChI is InChI=1S/C18H38/c1-8-10-11-13-16(6)18(14(3)4)17(7)15(5)12-9-2/h14-18H,8-13H2,1-7H3. The van der Waals surface area contributed by atoms with Crippen molar-refractivity contribution in [2.24, 2.45) is 29.6 Å². The van der Waals surface area contributed by atoms with E-state index in [1.807, 2.05) is 0 Å². The van der Waals surface area contributed by atoms with Crippen LogP contribution in [0.1, 0.15) is 87.0 Å². The van der Waals surface area contributed by atoms with E-state index in [0.29, 0.717) is 0 Å². The molecule has 0 aliphatic rings. The van der Waals surface area contributed by atoms with E-state index in [0.717, 1.165) is 29.6 Å². The highest BCUT2D eigenvalue weighted by atomic mass is 14.3. The predicted octanol–water partition coefficient (Wildman–Crippen LogP) is 6.55. The van der Waals surface area contributed by atoms with E-state index in [1.54, 1.807) is 0 Å². The first-order chi connectivity index (χ1) is 8.45. The van der Waals surface area contributed by atoms with Crippen molar-refractivity contribution in [1.29, 1.82) is 0 Å². The van der Waals surface area contributed by atoms with Crippen LogP contribution in [0.3, 0.4) is 0 Å². The lowest BCUT2D eigenvalue weighted by molar-refractivity contribution is 0.129. The van der Waals surface area contributed by atoms with Gasteiger partial charge in [-0.1, -0.05) is 87.0 Å². The topological polar surface area (TPSA) is 0 Å². The van der Waals surface area contributed by atoms with Crippen LogP contribution in [0.25, 0.3) is 0 Å². The Morgan fingerprint density at radius 3 is 1.72 bits per heavy atom. The molecule has 0 aromatic carbocycles. The molecule has 0 saturated heterocycles. The molecule has 0 amide bonds. The molecule has 0 heteroatoms. The van der Waals surface area contributed by atoms with Gasteiger partial charge < -0.3 is 0 Å². The predicted molar refractivity (Wildman–Crippen MR) is 84.9 cm³/mol. The molecule has 0 aliphatic heterocycles. The molecular weight excluding hydrogens is 216 g/mol. The summed E-state index contributed by atoms with van der Waals surface area (Å²) in [7, 11) is 0. The van der Waals surface area contributed by atoms with Gasteiger partial charge in [0, 0.05) is 0 Å². The van der Waals surface area contributed by atoms with Gasteiger partial charge in [0.05, 0.1) is 0 Å². The lowest BCUT2D eigenvalue weighted by Crippen LogP contribution is -2.29. The van der Waals surface area contributed by atoms with Crippen LogP contribution in [0, 0.1) is 29.6 Å². The molecule has 0 fully saturated rings. The zero-order valence-electron chi connectivity index (χ0n) is 14.1. The minimum atomic E-state index is 0.830. The first kappa shape index (κ1) is 18.0. The number of unbranched alkanes of at least 4 members (excludes halogenated alkanes) is 2. The zero-order valence-corrected chi connectivity index (χ0v) is 14.1. The van der Waals surface area contributed by atoms with Crippen molar-refractivity contribution in [3.8, 4) is 0 Å². The Kier molecular flexibility index (Phi) is 9.87. The molecule has 0 rings (SSSR count). The van der Waals surface area contributed by atoms with Crippen molar-refractivity contribution in [1.82, 2.24) is 0 Å². The number of rotatable bonds is 10. The number of hydrogen-bond donors (Lipinski definition) is 0. The minimum Gasteiger partial charge on any atom is -0.0654 e. The first-order valence-corrected chi connectivity index (χ1v) is 8.45. The summed E-state index contributed by atoms with van der Waals surface area (Å²) >= 11 is 0. The van der Waals surface area contributed by atoms with Crippen LogP contribution in [0.15, 0.2) is 0 Å². The van der Waals surface area contributed by atoms with Gasteiger partial charge in [-0.3, -0.25) is 0 Å². The molecule has 4 atom stereocenters. The fraction of sp³-hybridized carbons (Fsp3) is 1.00. The van der Waals surface area contributed by atoms with E-state index >= 15 is 0 Å². The second kappa shape index (κ2) is 9.87. The second-order valence-corrected chi connectivity index (χ2v) is 6.92. The molecular formula is C18H38. The van der Waals surface area contributed by atoms with Gasteiger partial charge in [-0.05, 0) is 29.6 Å². The molecule has 0 nitrogen and oxygen atoms in total. The lowest BCUT2D eigenvalue weighted by Gasteiger charge is -2.36. The van der Waals surface area contributed by atoms with Gasteiger partial charge in [0.25, 0.3) is 0 Å². The quantitative estimate of drug-likeness (QED) is 0.388. The maximum Gasteiger partial charge on any atom is -0.0337 e. The molecule has 0 aliphatic carbocycles. The van der Waals surface area contributed by atoms with Crippen molar-refractivity contribution in [2.45, 2.75) is 87.0 Å². The van der Waals surface area contributed by atoms with E-state index in [-0.39, 0.29) is 0 Å². The van der Waals surface area contributed by atoms with Gasteiger partial charge in [0.1, 0.15) is 0 Å². The van der Waals surface area contributed by atoms with Crippen LogP contribution in [0.2, 0.25) is 0 Å². The highest BCUT2D eigenvalue weighted by Crippen LogP contribution is 2.37. The van der Waals surface area contributed by atoms with E-state index in [9.17, 15) is 0 Å². The van der Waals surface area contributed by atoms with Crippen LogP contribution in [0.5, 0.6) is 0 Å².